The van der Waals surface area contributed by atoms with Gasteiger partial charge in [-0.3, -0.25) is 5.10 Å². The van der Waals surface area contributed by atoms with Crippen molar-refractivity contribution in [3.63, 3.8) is 0 Å². The fourth-order valence-corrected chi connectivity index (χ4v) is 2.92. The van der Waals surface area contributed by atoms with Gasteiger partial charge in [-0.25, -0.2) is 4.79 Å². The van der Waals surface area contributed by atoms with Crippen LogP contribution in [0.3, 0.4) is 0 Å². The Morgan fingerprint density at radius 2 is 1.91 bits per heavy atom. The van der Waals surface area contributed by atoms with Gasteiger partial charge < -0.3 is 10.2 Å². The van der Waals surface area contributed by atoms with Gasteiger partial charge in [0.1, 0.15) is 0 Å². The molecule has 0 saturated carbocycles. The highest BCUT2D eigenvalue weighted by atomic mass is 16.2. The molecule has 0 bridgehead atoms. The minimum absolute atomic E-state index is 0.00513. The number of nitrogens with one attached hydrogen (secondary N) is 2. The summed E-state index contributed by atoms with van der Waals surface area (Å²) in [4.78, 5) is 14.3. The minimum Gasteiger partial charge on any atom is -0.331 e. The maximum atomic E-state index is 12.5. The van der Waals surface area contributed by atoms with E-state index in [0.717, 1.165) is 29.8 Å². The molecule has 0 unspecified atom stereocenters. The lowest BCUT2D eigenvalue weighted by Gasteiger charge is -2.28. The zero-order chi connectivity index (χ0) is 16.4. The van der Waals surface area contributed by atoms with Gasteiger partial charge in [-0.1, -0.05) is 38.1 Å². The van der Waals surface area contributed by atoms with Gasteiger partial charge in [-0.2, -0.15) is 5.10 Å². The number of amides is 2. The van der Waals surface area contributed by atoms with Crippen molar-refractivity contribution in [2.75, 3.05) is 6.54 Å². The molecular weight excluding hydrogens is 288 g/mol. The van der Waals surface area contributed by atoms with Crippen molar-refractivity contribution in [3.05, 3.63) is 52.8 Å². The van der Waals surface area contributed by atoms with Gasteiger partial charge in [0.2, 0.25) is 0 Å². The van der Waals surface area contributed by atoms with E-state index >= 15 is 0 Å². The van der Waals surface area contributed by atoms with Crippen LogP contribution in [0.2, 0.25) is 0 Å². The van der Waals surface area contributed by atoms with Gasteiger partial charge in [0.05, 0.1) is 18.8 Å². The van der Waals surface area contributed by atoms with E-state index in [1.807, 2.05) is 18.0 Å². The molecule has 0 spiro atoms. The number of H-pyrrole nitrogens is 1. The Balaban J connectivity index is 1.61. The van der Waals surface area contributed by atoms with Gasteiger partial charge in [0, 0.05) is 24.2 Å². The lowest BCUT2D eigenvalue weighted by Crippen LogP contribution is -2.43. The van der Waals surface area contributed by atoms with Gasteiger partial charge >= 0.3 is 6.03 Å². The van der Waals surface area contributed by atoms with E-state index in [1.165, 1.54) is 5.56 Å². The Morgan fingerprint density at radius 3 is 2.61 bits per heavy atom. The molecule has 0 fully saturated rings. The van der Waals surface area contributed by atoms with Crippen LogP contribution < -0.4 is 5.32 Å². The molecule has 0 saturated heterocycles. The van der Waals surface area contributed by atoms with Gasteiger partial charge in [-0.15, -0.1) is 0 Å². The molecule has 1 aromatic carbocycles. The summed E-state index contributed by atoms with van der Waals surface area (Å²) in [5, 5.41) is 10.1. The molecule has 1 atom stereocenters. The molecule has 1 aromatic heterocycles. The van der Waals surface area contributed by atoms with E-state index in [0.29, 0.717) is 12.5 Å². The highest BCUT2D eigenvalue weighted by Gasteiger charge is 2.23. The Bertz CT molecular complexity index is 675. The van der Waals surface area contributed by atoms with E-state index in [1.54, 1.807) is 0 Å². The number of nitrogens with zero attached hydrogens (tertiary/aromatic N) is 2. The topological polar surface area (TPSA) is 61.0 Å². The number of aromatic nitrogens is 2. The summed E-state index contributed by atoms with van der Waals surface area (Å²) < 4.78 is 0. The number of rotatable bonds is 3. The molecule has 0 radical (unpaired) electrons. The SMILES string of the molecule is CC(C)c1ccc([C@@H](C)NC(=O)N2CCc3[nH]ncc3C2)cc1. The smallest absolute Gasteiger partial charge is 0.318 e. The average molecular weight is 312 g/mol. The van der Waals surface area contributed by atoms with Crippen LogP contribution in [0.25, 0.3) is 0 Å². The summed E-state index contributed by atoms with van der Waals surface area (Å²) in [6.07, 6.45) is 2.64. The van der Waals surface area contributed by atoms with Crippen LogP contribution in [0.4, 0.5) is 4.79 Å². The van der Waals surface area contributed by atoms with Crippen LogP contribution in [-0.4, -0.2) is 27.7 Å². The second-order valence-corrected chi connectivity index (χ2v) is 6.54. The first-order chi connectivity index (χ1) is 11.0. The molecule has 5 heteroatoms. The third-order valence-corrected chi connectivity index (χ3v) is 4.53. The highest BCUT2D eigenvalue weighted by molar-refractivity contribution is 5.75. The predicted octanol–water partition coefficient (Wildman–Crippen LogP) is 3.36. The Hall–Kier alpha value is -2.30. The first-order valence-electron chi connectivity index (χ1n) is 8.21. The summed E-state index contributed by atoms with van der Waals surface area (Å²) in [5.41, 5.74) is 4.70. The normalized spacial score (nSPS) is 15.4. The Morgan fingerprint density at radius 1 is 1.22 bits per heavy atom. The quantitative estimate of drug-likeness (QED) is 0.913. The summed E-state index contributed by atoms with van der Waals surface area (Å²) in [7, 11) is 0. The van der Waals surface area contributed by atoms with Crippen molar-refractivity contribution in [1.82, 2.24) is 20.4 Å². The molecule has 2 N–H and O–H groups in total. The lowest BCUT2D eigenvalue weighted by molar-refractivity contribution is 0.189. The standard InChI is InChI=1S/C18H24N4O/c1-12(2)14-4-6-15(7-5-14)13(3)20-18(23)22-9-8-17-16(11-22)10-19-21-17/h4-7,10,12-13H,8-9,11H2,1-3H3,(H,19,21)(H,20,23)/t13-/m1/s1. The maximum absolute atomic E-state index is 12.5. The molecule has 1 aliphatic rings. The van der Waals surface area contributed by atoms with E-state index in [4.69, 9.17) is 0 Å². The number of carbonyl (C=O) groups is 1. The van der Waals surface area contributed by atoms with Crippen molar-refractivity contribution in [1.29, 1.82) is 0 Å². The molecule has 122 valence electrons. The summed E-state index contributed by atoms with van der Waals surface area (Å²) in [6, 6.07) is 8.46. The number of hydrogen-bond donors (Lipinski definition) is 2. The number of urea groups is 1. The minimum atomic E-state index is -0.0164. The van der Waals surface area contributed by atoms with Crippen LogP contribution in [0.1, 0.15) is 55.1 Å². The number of fused-ring (bicyclic) bond motifs is 1. The Labute approximate surface area is 137 Å². The molecule has 2 amide bonds. The third kappa shape index (κ3) is 3.38. The lowest BCUT2D eigenvalue weighted by atomic mass is 10.00. The van der Waals surface area contributed by atoms with Crippen molar-refractivity contribution < 1.29 is 4.79 Å². The molecule has 23 heavy (non-hydrogen) atoms. The fourth-order valence-electron chi connectivity index (χ4n) is 2.92. The molecule has 1 aliphatic heterocycles. The predicted molar refractivity (Wildman–Crippen MR) is 90.2 cm³/mol. The third-order valence-electron chi connectivity index (χ3n) is 4.53. The van der Waals surface area contributed by atoms with E-state index < -0.39 is 0 Å². The zero-order valence-corrected chi connectivity index (χ0v) is 14.0. The molecule has 3 rings (SSSR count). The van der Waals surface area contributed by atoms with Crippen molar-refractivity contribution in [2.45, 2.75) is 45.7 Å². The number of aromatic amines is 1. The van der Waals surface area contributed by atoms with Crippen LogP contribution >= 0.6 is 0 Å². The molecule has 5 nitrogen and oxygen atoms in total. The second kappa shape index (κ2) is 6.44. The summed E-state index contributed by atoms with van der Waals surface area (Å²) >= 11 is 0. The van der Waals surface area contributed by atoms with Crippen LogP contribution in [0.15, 0.2) is 30.5 Å². The van der Waals surface area contributed by atoms with E-state index in [9.17, 15) is 4.79 Å². The van der Waals surface area contributed by atoms with E-state index in [2.05, 4.69) is 53.6 Å². The van der Waals surface area contributed by atoms with Crippen molar-refractivity contribution in [3.8, 4) is 0 Å². The number of benzene rings is 1. The van der Waals surface area contributed by atoms with Crippen LogP contribution in [-0.2, 0) is 13.0 Å². The fraction of sp³-hybridized carbons (Fsp3) is 0.444. The molecule has 2 heterocycles. The van der Waals surface area contributed by atoms with Gasteiger partial charge in [0.25, 0.3) is 0 Å². The zero-order valence-electron chi connectivity index (χ0n) is 14.0. The van der Waals surface area contributed by atoms with Gasteiger partial charge in [0.15, 0.2) is 0 Å². The van der Waals surface area contributed by atoms with E-state index in [-0.39, 0.29) is 12.1 Å². The highest BCUT2D eigenvalue weighted by Crippen LogP contribution is 2.20. The van der Waals surface area contributed by atoms with Crippen LogP contribution in [0.5, 0.6) is 0 Å². The van der Waals surface area contributed by atoms with Crippen LogP contribution in [0, 0.1) is 0 Å². The molecular formula is C18H24N4O. The van der Waals surface area contributed by atoms with Crippen molar-refractivity contribution >= 4 is 6.03 Å². The number of carbonyl (C=O) groups excluding carboxylic acids is 1. The second-order valence-electron chi connectivity index (χ2n) is 6.54. The average Bonchev–Trinajstić information content (AvgIpc) is 3.02. The maximum Gasteiger partial charge on any atom is 0.318 e. The molecule has 0 aliphatic carbocycles. The summed E-state index contributed by atoms with van der Waals surface area (Å²) in [6.45, 7) is 7.73. The first-order valence-corrected chi connectivity index (χ1v) is 8.21. The summed E-state index contributed by atoms with van der Waals surface area (Å²) in [5.74, 6) is 0.520. The number of hydrogen-bond acceptors (Lipinski definition) is 2. The Kier molecular flexibility index (Phi) is 4.37. The first kappa shape index (κ1) is 15.6. The molecule has 2 aromatic rings. The monoisotopic (exact) mass is 312 g/mol. The van der Waals surface area contributed by atoms with Crippen molar-refractivity contribution in [2.24, 2.45) is 0 Å². The van der Waals surface area contributed by atoms with Gasteiger partial charge in [-0.05, 0) is 24.0 Å². The largest absolute Gasteiger partial charge is 0.331 e.